The van der Waals surface area contributed by atoms with E-state index in [-0.39, 0.29) is 0 Å². The first-order chi connectivity index (χ1) is 5.11. The lowest BCUT2D eigenvalue weighted by Crippen LogP contribution is -2.03. The van der Waals surface area contributed by atoms with Crippen LogP contribution in [0.5, 0.6) is 0 Å². The predicted molar refractivity (Wildman–Crippen MR) is 43.9 cm³/mol. The molecular weight excluding hydrogens is 264 g/mol. The lowest BCUT2D eigenvalue weighted by Gasteiger charge is -1.94. The average Bonchev–Trinajstić information content (AvgIpc) is 1.85. The van der Waals surface area contributed by atoms with Crippen LogP contribution in [0.4, 0.5) is 4.39 Å². The minimum atomic E-state index is -1.35. The Bertz CT molecular complexity index is 303. The van der Waals surface area contributed by atoms with Gasteiger partial charge in [-0.05, 0) is 28.7 Å². The van der Waals surface area contributed by atoms with Crippen LogP contribution in [0, 0.1) is 9.39 Å². The van der Waals surface area contributed by atoms with Crippen molar-refractivity contribution in [2.24, 2.45) is 0 Å². The molecule has 0 aromatic carbocycles. The standard InChI is InChI=1S/C6H3FINO2/c7-4-1-3(8)2-9-5(4)6(10)11/h1-2H,(H,10,11). The van der Waals surface area contributed by atoms with Crippen LogP contribution < -0.4 is 0 Å². The maximum atomic E-state index is 12.7. The van der Waals surface area contributed by atoms with Gasteiger partial charge in [0, 0.05) is 9.77 Å². The zero-order valence-electron chi connectivity index (χ0n) is 5.21. The van der Waals surface area contributed by atoms with Gasteiger partial charge in [-0.15, -0.1) is 0 Å². The molecule has 0 spiro atoms. The van der Waals surface area contributed by atoms with Crippen molar-refractivity contribution in [3.8, 4) is 0 Å². The van der Waals surface area contributed by atoms with Crippen LogP contribution in [0.25, 0.3) is 0 Å². The number of aromatic carboxylic acids is 1. The van der Waals surface area contributed by atoms with Crippen LogP contribution in [0.15, 0.2) is 12.3 Å². The van der Waals surface area contributed by atoms with Gasteiger partial charge in [0.15, 0.2) is 11.5 Å². The van der Waals surface area contributed by atoms with Crippen LogP contribution in [-0.2, 0) is 0 Å². The van der Waals surface area contributed by atoms with Crippen molar-refractivity contribution in [1.29, 1.82) is 0 Å². The third-order valence-corrected chi connectivity index (χ3v) is 1.60. The molecule has 1 N–H and O–H groups in total. The Balaban J connectivity index is 3.20. The lowest BCUT2D eigenvalue weighted by atomic mass is 10.3. The van der Waals surface area contributed by atoms with Gasteiger partial charge in [0.2, 0.25) is 0 Å². The van der Waals surface area contributed by atoms with E-state index in [1.54, 1.807) is 0 Å². The molecule has 1 aromatic heterocycles. The molecule has 58 valence electrons. The summed E-state index contributed by atoms with van der Waals surface area (Å²) < 4.78 is 13.2. The summed E-state index contributed by atoms with van der Waals surface area (Å²) in [5.74, 6) is -2.15. The minimum Gasteiger partial charge on any atom is -0.476 e. The van der Waals surface area contributed by atoms with Gasteiger partial charge in [-0.2, -0.15) is 0 Å². The fourth-order valence-corrected chi connectivity index (χ4v) is 0.985. The van der Waals surface area contributed by atoms with E-state index in [0.717, 1.165) is 6.07 Å². The summed E-state index contributed by atoms with van der Waals surface area (Å²) in [5, 5.41) is 8.35. The van der Waals surface area contributed by atoms with Crippen LogP contribution in [-0.4, -0.2) is 16.1 Å². The molecule has 0 bridgehead atoms. The first-order valence-electron chi connectivity index (χ1n) is 2.65. The zero-order valence-corrected chi connectivity index (χ0v) is 7.37. The first kappa shape index (κ1) is 8.38. The fraction of sp³-hybridized carbons (Fsp3) is 0. The van der Waals surface area contributed by atoms with E-state index in [4.69, 9.17) is 5.11 Å². The number of rotatable bonds is 1. The molecule has 0 aliphatic carbocycles. The first-order valence-corrected chi connectivity index (χ1v) is 3.73. The second-order valence-corrected chi connectivity index (χ2v) is 3.03. The van der Waals surface area contributed by atoms with Gasteiger partial charge >= 0.3 is 5.97 Å². The number of carbonyl (C=O) groups is 1. The molecule has 1 aromatic rings. The molecule has 0 saturated carbocycles. The molecule has 0 aliphatic rings. The van der Waals surface area contributed by atoms with E-state index in [0.29, 0.717) is 3.57 Å². The number of carboxylic acids is 1. The molecule has 0 aliphatic heterocycles. The smallest absolute Gasteiger partial charge is 0.357 e. The number of nitrogens with zero attached hydrogens (tertiary/aromatic N) is 1. The zero-order chi connectivity index (χ0) is 8.43. The summed E-state index contributed by atoms with van der Waals surface area (Å²) in [4.78, 5) is 13.6. The normalized spacial score (nSPS) is 9.64. The number of hydrogen-bond donors (Lipinski definition) is 1. The number of halogens is 2. The van der Waals surface area contributed by atoms with Crippen molar-refractivity contribution >= 4 is 28.6 Å². The van der Waals surface area contributed by atoms with Gasteiger partial charge < -0.3 is 5.11 Å². The molecule has 0 unspecified atom stereocenters. The van der Waals surface area contributed by atoms with Crippen molar-refractivity contribution in [1.82, 2.24) is 4.98 Å². The highest BCUT2D eigenvalue weighted by atomic mass is 127. The monoisotopic (exact) mass is 267 g/mol. The van der Waals surface area contributed by atoms with Gasteiger partial charge in [-0.3, -0.25) is 0 Å². The third-order valence-electron chi connectivity index (χ3n) is 1.01. The van der Waals surface area contributed by atoms with Crippen molar-refractivity contribution in [3.63, 3.8) is 0 Å². The quantitative estimate of drug-likeness (QED) is 0.785. The summed E-state index contributed by atoms with van der Waals surface area (Å²) in [6.45, 7) is 0. The van der Waals surface area contributed by atoms with Crippen LogP contribution >= 0.6 is 22.6 Å². The summed E-state index contributed by atoms with van der Waals surface area (Å²) in [6, 6.07) is 1.12. The Morgan fingerprint density at radius 3 is 2.82 bits per heavy atom. The maximum Gasteiger partial charge on any atom is 0.357 e. The van der Waals surface area contributed by atoms with Crippen molar-refractivity contribution in [3.05, 3.63) is 27.3 Å². The van der Waals surface area contributed by atoms with Gasteiger partial charge in [0.1, 0.15) is 0 Å². The maximum absolute atomic E-state index is 12.7. The lowest BCUT2D eigenvalue weighted by molar-refractivity contribution is 0.0685. The number of carboxylic acid groups (broad SMARTS) is 1. The highest BCUT2D eigenvalue weighted by Gasteiger charge is 2.10. The third kappa shape index (κ3) is 1.86. The van der Waals surface area contributed by atoms with Crippen molar-refractivity contribution in [2.75, 3.05) is 0 Å². The molecule has 0 radical (unpaired) electrons. The molecule has 0 atom stereocenters. The highest BCUT2D eigenvalue weighted by Crippen LogP contribution is 2.08. The molecule has 1 rings (SSSR count). The van der Waals surface area contributed by atoms with E-state index in [9.17, 15) is 9.18 Å². The fourth-order valence-electron chi connectivity index (χ4n) is 0.572. The van der Waals surface area contributed by atoms with Crippen molar-refractivity contribution < 1.29 is 14.3 Å². The van der Waals surface area contributed by atoms with Gasteiger partial charge in [-0.25, -0.2) is 14.2 Å². The van der Waals surface area contributed by atoms with E-state index in [2.05, 4.69) is 4.98 Å². The highest BCUT2D eigenvalue weighted by molar-refractivity contribution is 14.1. The molecular formula is C6H3FINO2. The summed E-state index contributed by atoms with van der Waals surface area (Å²) in [5.41, 5.74) is -0.537. The van der Waals surface area contributed by atoms with Crippen LogP contribution in [0.1, 0.15) is 10.5 Å². The van der Waals surface area contributed by atoms with Gasteiger partial charge in [-0.1, -0.05) is 0 Å². The summed E-state index contributed by atoms with van der Waals surface area (Å²) >= 11 is 1.85. The topological polar surface area (TPSA) is 50.2 Å². The SMILES string of the molecule is O=C(O)c1ncc(I)cc1F. The van der Waals surface area contributed by atoms with Crippen LogP contribution in [0.2, 0.25) is 0 Å². The van der Waals surface area contributed by atoms with Gasteiger partial charge in [0.25, 0.3) is 0 Å². The van der Waals surface area contributed by atoms with E-state index >= 15 is 0 Å². The van der Waals surface area contributed by atoms with Crippen LogP contribution in [0.3, 0.4) is 0 Å². The Labute approximate surface area is 75.4 Å². The van der Waals surface area contributed by atoms with E-state index < -0.39 is 17.5 Å². The average molecular weight is 267 g/mol. The van der Waals surface area contributed by atoms with E-state index in [1.807, 2.05) is 22.6 Å². The van der Waals surface area contributed by atoms with E-state index in [1.165, 1.54) is 6.20 Å². The Morgan fingerprint density at radius 1 is 1.73 bits per heavy atom. The molecule has 0 fully saturated rings. The predicted octanol–water partition coefficient (Wildman–Crippen LogP) is 1.52. The number of hydrogen-bond acceptors (Lipinski definition) is 2. The molecule has 1 heterocycles. The van der Waals surface area contributed by atoms with Gasteiger partial charge in [0.05, 0.1) is 0 Å². The summed E-state index contributed by atoms with van der Waals surface area (Å²) in [7, 11) is 0. The Hall–Kier alpha value is -0.720. The summed E-state index contributed by atoms with van der Waals surface area (Å²) in [6.07, 6.45) is 1.30. The molecule has 0 saturated heterocycles. The van der Waals surface area contributed by atoms with Crippen molar-refractivity contribution in [2.45, 2.75) is 0 Å². The Morgan fingerprint density at radius 2 is 2.36 bits per heavy atom. The Kier molecular flexibility index (Phi) is 2.38. The largest absolute Gasteiger partial charge is 0.476 e. The molecule has 0 amide bonds. The molecule has 11 heavy (non-hydrogen) atoms. The number of aromatic nitrogens is 1. The minimum absolute atomic E-state index is 0.537. The molecule has 3 nitrogen and oxygen atoms in total. The molecule has 5 heteroatoms. The number of pyridine rings is 1. The second kappa shape index (κ2) is 3.12. The second-order valence-electron chi connectivity index (χ2n) is 1.79.